The summed E-state index contributed by atoms with van der Waals surface area (Å²) in [4.78, 5) is 11.3. The van der Waals surface area contributed by atoms with Crippen LogP contribution in [0.15, 0.2) is 33.6 Å². The highest BCUT2D eigenvalue weighted by atomic mass is 32.2. The van der Waals surface area contributed by atoms with Crippen LogP contribution in [0.3, 0.4) is 0 Å². The quantitative estimate of drug-likeness (QED) is 0.824. The van der Waals surface area contributed by atoms with Gasteiger partial charge in [-0.1, -0.05) is 18.2 Å². The third-order valence-electron chi connectivity index (χ3n) is 2.13. The smallest absolute Gasteiger partial charge is 0.422 e. The van der Waals surface area contributed by atoms with Crippen molar-refractivity contribution < 1.29 is 17.7 Å². The standard InChI is InChI=1S/C10H10N2O5S/c1-7-5-3-4-6-8(7)16-9-11-17-10(13)12(9)18(14)15-2/h3-6H,1-2H3. The van der Waals surface area contributed by atoms with Crippen molar-refractivity contribution in [1.29, 1.82) is 0 Å². The molecule has 0 radical (unpaired) electrons. The molecule has 0 N–H and O–H groups in total. The first-order chi connectivity index (χ1) is 8.63. The van der Waals surface area contributed by atoms with Gasteiger partial charge >= 0.3 is 11.8 Å². The van der Waals surface area contributed by atoms with Gasteiger partial charge in [-0.25, -0.2) is 9.00 Å². The molecule has 0 aliphatic rings. The predicted octanol–water partition coefficient (Wildman–Crippen LogP) is 1.01. The second kappa shape index (κ2) is 5.15. The molecule has 7 nitrogen and oxygen atoms in total. The molecule has 0 saturated heterocycles. The molecule has 96 valence electrons. The number of hydrogen-bond acceptors (Lipinski definition) is 6. The minimum absolute atomic E-state index is 0.227. The number of rotatable bonds is 4. The number of nitrogens with zero attached hydrogens (tertiary/aromatic N) is 2. The molecular formula is C10H10N2O5S. The van der Waals surface area contributed by atoms with E-state index >= 15 is 0 Å². The van der Waals surface area contributed by atoms with E-state index in [1.165, 1.54) is 7.11 Å². The Morgan fingerprint density at radius 3 is 2.78 bits per heavy atom. The summed E-state index contributed by atoms with van der Waals surface area (Å²) in [6.07, 6.45) is 0. The van der Waals surface area contributed by atoms with Crippen LogP contribution in [0.2, 0.25) is 0 Å². The first kappa shape index (κ1) is 12.5. The summed E-state index contributed by atoms with van der Waals surface area (Å²) in [6.45, 7) is 1.82. The molecule has 1 unspecified atom stereocenters. The maximum Gasteiger partial charge on any atom is 0.458 e. The highest BCUT2D eigenvalue weighted by molar-refractivity contribution is 7.78. The monoisotopic (exact) mass is 270 g/mol. The van der Waals surface area contributed by atoms with Crippen molar-refractivity contribution >= 4 is 11.3 Å². The molecule has 8 heteroatoms. The number of aryl methyl sites for hydroxylation is 1. The topological polar surface area (TPSA) is 83.6 Å². The zero-order valence-corrected chi connectivity index (χ0v) is 10.5. The van der Waals surface area contributed by atoms with Crippen LogP contribution in [0.25, 0.3) is 0 Å². The van der Waals surface area contributed by atoms with Gasteiger partial charge in [0.05, 0.1) is 7.11 Å². The highest BCUT2D eigenvalue weighted by Crippen LogP contribution is 2.22. The van der Waals surface area contributed by atoms with E-state index in [-0.39, 0.29) is 6.01 Å². The van der Waals surface area contributed by atoms with Gasteiger partial charge in [0.1, 0.15) is 5.75 Å². The Hall–Kier alpha value is -1.93. The van der Waals surface area contributed by atoms with Gasteiger partial charge in [-0.05, 0) is 23.7 Å². The Bertz CT molecular complexity index is 633. The van der Waals surface area contributed by atoms with Gasteiger partial charge in [-0.15, -0.1) is 3.97 Å². The van der Waals surface area contributed by atoms with E-state index in [1.54, 1.807) is 12.1 Å². The lowest BCUT2D eigenvalue weighted by Crippen LogP contribution is -2.19. The lowest BCUT2D eigenvalue weighted by atomic mass is 10.2. The van der Waals surface area contributed by atoms with E-state index in [1.807, 2.05) is 19.1 Å². The average molecular weight is 270 g/mol. The van der Waals surface area contributed by atoms with Gasteiger partial charge in [0, 0.05) is 0 Å². The molecule has 0 amide bonds. The summed E-state index contributed by atoms with van der Waals surface area (Å²) in [7, 11) is 1.19. The van der Waals surface area contributed by atoms with E-state index in [9.17, 15) is 9.00 Å². The van der Waals surface area contributed by atoms with Crippen LogP contribution in [-0.2, 0) is 15.4 Å². The number of hydrogen-bond donors (Lipinski definition) is 0. The molecule has 0 bridgehead atoms. The summed E-state index contributed by atoms with van der Waals surface area (Å²) in [5, 5.41) is 3.40. The Morgan fingerprint density at radius 2 is 2.11 bits per heavy atom. The Morgan fingerprint density at radius 1 is 1.39 bits per heavy atom. The zero-order valence-electron chi connectivity index (χ0n) is 9.65. The minimum Gasteiger partial charge on any atom is -0.422 e. The second-order valence-corrected chi connectivity index (χ2v) is 4.41. The van der Waals surface area contributed by atoms with Crippen LogP contribution in [-0.4, -0.2) is 20.4 Å². The van der Waals surface area contributed by atoms with Crippen molar-refractivity contribution in [3.63, 3.8) is 0 Å². The Kier molecular flexibility index (Phi) is 3.58. The van der Waals surface area contributed by atoms with Gasteiger partial charge in [0.15, 0.2) is 0 Å². The van der Waals surface area contributed by atoms with Gasteiger partial charge in [0.25, 0.3) is 11.3 Å². The normalized spacial score (nSPS) is 12.3. The average Bonchev–Trinajstić information content (AvgIpc) is 2.72. The van der Waals surface area contributed by atoms with Crippen LogP contribution in [0.5, 0.6) is 11.8 Å². The number of ether oxygens (including phenoxy) is 1. The fourth-order valence-electron chi connectivity index (χ4n) is 1.26. The molecular weight excluding hydrogens is 260 g/mol. The summed E-state index contributed by atoms with van der Waals surface area (Å²) in [5.74, 6) is -0.438. The molecule has 1 atom stereocenters. The van der Waals surface area contributed by atoms with E-state index < -0.39 is 17.0 Å². The van der Waals surface area contributed by atoms with Crippen molar-refractivity contribution in [3.05, 3.63) is 40.4 Å². The molecule has 0 saturated carbocycles. The summed E-state index contributed by atoms with van der Waals surface area (Å²) in [6, 6.07) is 6.89. The van der Waals surface area contributed by atoms with Crippen molar-refractivity contribution in [2.45, 2.75) is 6.92 Å². The maximum absolute atomic E-state index is 11.5. The first-order valence-electron chi connectivity index (χ1n) is 4.92. The van der Waals surface area contributed by atoms with Crippen molar-refractivity contribution in [1.82, 2.24) is 9.13 Å². The molecule has 1 heterocycles. The molecule has 0 aliphatic carbocycles. The lowest BCUT2D eigenvalue weighted by molar-refractivity contribution is 0.350. The third-order valence-corrected chi connectivity index (χ3v) is 3.02. The van der Waals surface area contributed by atoms with Crippen molar-refractivity contribution in [3.8, 4) is 11.8 Å². The maximum atomic E-state index is 11.5. The summed E-state index contributed by atoms with van der Waals surface area (Å²) < 4.78 is 26.4. The van der Waals surface area contributed by atoms with E-state index in [0.717, 1.165) is 5.56 Å². The molecule has 1 aromatic carbocycles. The van der Waals surface area contributed by atoms with Gasteiger partial charge in [-0.2, -0.15) is 0 Å². The first-order valence-corrected chi connectivity index (χ1v) is 5.95. The van der Waals surface area contributed by atoms with E-state index in [4.69, 9.17) is 4.74 Å². The molecule has 0 fully saturated rings. The van der Waals surface area contributed by atoms with Crippen molar-refractivity contribution in [2.75, 3.05) is 7.11 Å². The van der Waals surface area contributed by atoms with Gasteiger partial charge < -0.3 is 4.74 Å². The number of para-hydroxylation sites is 1. The fraction of sp³-hybridized carbons (Fsp3) is 0.200. The minimum atomic E-state index is -2.04. The fourth-order valence-corrected chi connectivity index (χ4v) is 1.76. The Labute approximate surface area is 105 Å². The van der Waals surface area contributed by atoms with Crippen LogP contribution < -0.4 is 10.5 Å². The van der Waals surface area contributed by atoms with E-state index in [2.05, 4.69) is 13.9 Å². The molecule has 0 spiro atoms. The molecule has 1 aromatic heterocycles. The van der Waals surface area contributed by atoms with Crippen molar-refractivity contribution in [2.24, 2.45) is 0 Å². The lowest BCUT2D eigenvalue weighted by Gasteiger charge is -2.06. The van der Waals surface area contributed by atoms with Crippen LogP contribution in [0.4, 0.5) is 0 Å². The predicted molar refractivity (Wildman–Crippen MR) is 62.6 cm³/mol. The highest BCUT2D eigenvalue weighted by Gasteiger charge is 2.19. The zero-order chi connectivity index (χ0) is 13.1. The number of benzene rings is 1. The molecule has 2 aromatic rings. The molecule has 0 aliphatic heterocycles. The third kappa shape index (κ3) is 2.34. The van der Waals surface area contributed by atoms with Gasteiger partial charge in [0.2, 0.25) is 0 Å². The van der Waals surface area contributed by atoms with Crippen LogP contribution in [0, 0.1) is 6.92 Å². The molecule has 2 rings (SSSR count). The summed E-state index contributed by atoms with van der Waals surface area (Å²) in [5.41, 5.74) is 0.836. The SMILES string of the molecule is COS(=O)n1c(Oc2ccccc2C)noc1=O. The van der Waals surface area contributed by atoms with Crippen LogP contribution in [0.1, 0.15) is 5.56 Å². The number of aromatic nitrogens is 2. The Balaban J connectivity index is 2.39. The largest absolute Gasteiger partial charge is 0.458 e. The second-order valence-electron chi connectivity index (χ2n) is 3.28. The molecule has 18 heavy (non-hydrogen) atoms. The van der Waals surface area contributed by atoms with Crippen LogP contribution >= 0.6 is 0 Å². The summed E-state index contributed by atoms with van der Waals surface area (Å²) >= 11 is -2.04. The van der Waals surface area contributed by atoms with Gasteiger partial charge in [-0.3, -0.25) is 8.71 Å². The van der Waals surface area contributed by atoms with E-state index in [0.29, 0.717) is 9.72 Å².